The summed E-state index contributed by atoms with van der Waals surface area (Å²) in [6, 6.07) is 7.22. The minimum atomic E-state index is -2.16. The van der Waals surface area contributed by atoms with Gasteiger partial charge in [-0.05, 0) is 36.3 Å². The van der Waals surface area contributed by atoms with Crippen molar-refractivity contribution in [1.82, 2.24) is 5.32 Å². The number of hydrogen-bond acceptors (Lipinski definition) is 9. The molecule has 0 bridgehead atoms. The Morgan fingerprint density at radius 1 is 1.26 bits per heavy atom. The molecule has 3 N–H and O–H groups in total. The Kier molecular flexibility index (Phi) is 10.7. The monoisotopic (exact) mass is 510 g/mol. The molecule has 1 aliphatic rings. The lowest BCUT2D eigenvalue weighted by Gasteiger charge is -2.43. The first-order chi connectivity index (χ1) is 16.4. The second-order valence-electron chi connectivity index (χ2n) is 10.1. The molecule has 1 fully saturated rings. The average Bonchev–Trinajstić information content (AvgIpc) is 2.81. The molecule has 1 aromatic rings. The number of nitrogens with zero attached hydrogens (tertiary/aromatic N) is 3. The molecule has 0 aromatic heterocycles. The van der Waals surface area contributed by atoms with E-state index in [4.69, 9.17) is 24.2 Å². The number of hydrogen-bond donors (Lipinski definition) is 3. The number of esters is 1. The van der Waals surface area contributed by atoms with Crippen molar-refractivity contribution in [3.05, 3.63) is 46.3 Å². The van der Waals surface area contributed by atoms with Crippen molar-refractivity contribution in [3.8, 4) is 0 Å². The van der Waals surface area contributed by atoms with Gasteiger partial charge < -0.3 is 34.2 Å². The highest BCUT2D eigenvalue weighted by atomic mass is 28.4. The molecule has 12 heteroatoms. The number of aliphatic hydroxyl groups is 2. The Bertz CT molecular complexity index is 861. The number of likely N-dealkylation sites (N-methyl/N-ethyl adjacent to an activating group) is 1. The van der Waals surface area contributed by atoms with Gasteiger partial charge in [-0.1, -0.05) is 56.2 Å². The van der Waals surface area contributed by atoms with Crippen molar-refractivity contribution < 1.29 is 33.6 Å². The van der Waals surface area contributed by atoms with E-state index in [-0.39, 0.29) is 24.9 Å². The van der Waals surface area contributed by atoms with Gasteiger partial charge in [0.15, 0.2) is 14.6 Å². The van der Waals surface area contributed by atoms with Crippen LogP contribution in [0.2, 0.25) is 18.1 Å². The van der Waals surface area contributed by atoms with Crippen LogP contribution in [0.15, 0.2) is 35.4 Å². The van der Waals surface area contributed by atoms with Crippen LogP contribution in [0.5, 0.6) is 0 Å². The van der Waals surface area contributed by atoms with Gasteiger partial charge in [-0.2, -0.15) is 0 Å². The summed E-state index contributed by atoms with van der Waals surface area (Å²) in [5, 5.41) is 27.5. The molecule has 0 spiro atoms. The largest absolute Gasteiger partial charge is 0.460 e. The van der Waals surface area contributed by atoms with Gasteiger partial charge in [0, 0.05) is 4.91 Å². The number of carbonyl (C=O) groups excluding carboxylic acids is 1. The van der Waals surface area contributed by atoms with Gasteiger partial charge in [0.2, 0.25) is 0 Å². The van der Waals surface area contributed by atoms with Gasteiger partial charge in [-0.3, -0.25) is 4.79 Å². The van der Waals surface area contributed by atoms with E-state index in [1.807, 2.05) is 30.3 Å². The van der Waals surface area contributed by atoms with Gasteiger partial charge in [0.25, 0.3) is 0 Å². The normalized spacial score (nSPS) is 26.0. The van der Waals surface area contributed by atoms with Crippen LogP contribution < -0.4 is 5.32 Å². The van der Waals surface area contributed by atoms with Crippen molar-refractivity contribution in [1.29, 1.82) is 0 Å². The zero-order valence-corrected chi connectivity index (χ0v) is 22.2. The zero-order valence-electron chi connectivity index (χ0n) is 21.2. The molecule has 6 atom stereocenters. The summed E-state index contributed by atoms with van der Waals surface area (Å²) in [4.78, 5) is 15.3. The summed E-state index contributed by atoms with van der Waals surface area (Å²) >= 11 is 0. The highest BCUT2D eigenvalue weighted by Gasteiger charge is 2.46. The van der Waals surface area contributed by atoms with E-state index in [9.17, 15) is 15.0 Å². The molecule has 11 nitrogen and oxygen atoms in total. The fraction of sp³-hybridized carbons (Fsp3) is 0.696. The molecule has 0 amide bonds. The van der Waals surface area contributed by atoms with Gasteiger partial charge in [-0.25, -0.2) is 0 Å². The van der Waals surface area contributed by atoms with Crippen LogP contribution in [0, 0.1) is 0 Å². The van der Waals surface area contributed by atoms with Crippen molar-refractivity contribution >= 4 is 14.3 Å². The third kappa shape index (κ3) is 7.99. The van der Waals surface area contributed by atoms with Crippen molar-refractivity contribution in [2.45, 2.75) is 82.2 Å². The maximum Gasteiger partial charge on any atom is 0.325 e. The van der Waals surface area contributed by atoms with Crippen LogP contribution in [0.1, 0.15) is 26.3 Å². The first-order valence-electron chi connectivity index (χ1n) is 11.6. The number of nitrogens with one attached hydrogen (secondary N) is 1. The predicted octanol–water partition coefficient (Wildman–Crippen LogP) is 2.48. The molecule has 0 aliphatic carbocycles. The van der Waals surface area contributed by atoms with E-state index in [0.717, 1.165) is 5.56 Å². The highest BCUT2D eigenvalue weighted by Crippen LogP contribution is 2.37. The Balaban J connectivity index is 2.04. The summed E-state index contributed by atoms with van der Waals surface area (Å²) in [6.07, 6.45) is -4.88. The fourth-order valence-electron chi connectivity index (χ4n) is 3.17. The van der Waals surface area contributed by atoms with Crippen LogP contribution in [0.4, 0.5) is 0 Å². The summed E-state index contributed by atoms with van der Waals surface area (Å²) in [5.74, 6) is -0.536. The van der Waals surface area contributed by atoms with E-state index < -0.39 is 51.0 Å². The first-order valence-corrected chi connectivity index (χ1v) is 14.5. The van der Waals surface area contributed by atoms with Gasteiger partial charge in [-0.15, -0.1) is 0 Å². The Morgan fingerprint density at radius 3 is 2.49 bits per heavy atom. The number of carbonyl (C=O) groups is 1. The van der Waals surface area contributed by atoms with Crippen molar-refractivity contribution in [3.63, 3.8) is 0 Å². The highest BCUT2D eigenvalue weighted by molar-refractivity contribution is 6.74. The van der Waals surface area contributed by atoms with E-state index in [0.29, 0.717) is 0 Å². The third-order valence-corrected chi connectivity index (χ3v) is 11.1. The van der Waals surface area contributed by atoms with Crippen LogP contribution in [0.25, 0.3) is 10.4 Å². The number of aliphatic hydroxyl groups excluding tert-OH is 2. The first kappa shape index (κ1) is 29.2. The van der Waals surface area contributed by atoms with Gasteiger partial charge in [0.1, 0.15) is 30.9 Å². The summed E-state index contributed by atoms with van der Waals surface area (Å²) in [5.41, 5.74) is 9.79. The molecular formula is C23H38N4O7Si. The fourth-order valence-corrected chi connectivity index (χ4v) is 4.18. The number of rotatable bonds is 11. The standard InChI is InChI=1S/C23H38N4O7Si/c1-23(2,3)35(5,6)33-14-17-19(28)20(29)18(26-27-24)22(34-17)32-13-16(25-4)21(30)31-12-15-10-8-7-9-11-15/h7-11,16-20,22,25,28-29H,12-14H2,1-6H3/t16-,17?,18?,19?,20+,22-/m0/s1. The molecule has 2 rings (SSSR count). The molecular weight excluding hydrogens is 472 g/mol. The topological polar surface area (TPSA) is 155 Å². The molecule has 3 unspecified atom stereocenters. The minimum absolute atomic E-state index is 0.0339. The van der Waals surface area contributed by atoms with Crippen LogP contribution in [0.3, 0.4) is 0 Å². The lowest BCUT2D eigenvalue weighted by molar-refractivity contribution is -0.265. The summed E-state index contributed by atoms with van der Waals surface area (Å²) in [7, 11) is -0.573. The second-order valence-corrected chi connectivity index (χ2v) is 14.9. The Morgan fingerprint density at radius 2 is 1.91 bits per heavy atom. The average molecular weight is 511 g/mol. The van der Waals surface area contributed by atoms with Crippen LogP contribution >= 0.6 is 0 Å². The number of azide groups is 1. The van der Waals surface area contributed by atoms with E-state index in [1.54, 1.807) is 7.05 Å². The van der Waals surface area contributed by atoms with Gasteiger partial charge >= 0.3 is 5.97 Å². The molecule has 1 aromatic carbocycles. The van der Waals surface area contributed by atoms with Crippen LogP contribution in [-0.2, 0) is 30.0 Å². The predicted molar refractivity (Wildman–Crippen MR) is 132 cm³/mol. The van der Waals surface area contributed by atoms with Crippen LogP contribution in [-0.4, -0.2) is 81.4 Å². The zero-order chi connectivity index (χ0) is 26.2. The molecule has 35 heavy (non-hydrogen) atoms. The molecule has 196 valence electrons. The van der Waals surface area contributed by atoms with Crippen molar-refractivity contribution in [2.75, 3.05) is 20.3 Å². The lowest BCUT2D eigenvalue weighted by atomic mass is 9.98. The van der Waals surface area contributed by atoms with E-state index in [1.165, 1.54) is 0 Å². The lowest BCUT2D eigenvalue weighted by Crippen LogP contribution is -2.60. The summed E-state index contributed by atoms with van der Waals surface area (Å²) < 4.78 is 23.1. The minimum Gasteiger partial charge on any atom is -0.460 e. The third-order valence-electron chi connectivity index (χ3n) is 6.55. The van der Waals surface area contributed by atoms with Gasteiger partial charge in [0.05, 0.1) is 19.3 Å². The quantitative estimate of drug-likeness (QED) is 0.135. The SMILES string of the molecule is CN[C@@H](CO[C@H]1OC(CO[Si](C)(C)C(C)(C)C)C(O)[C@H](O)C1N=[N+]=[N-])C(=O)OCc1ccccc1. The molecule has 0 radical (unpaired) electrons. The maximum atomic E-state index is 12.5. The van der Waals surface area contributed by atoms with E-state index >= 15 is 0 Å². The number of ether oxygens (including phenoxy) is 3. The second kappa shape index (κ2) is 12.8. The number of benzene rings is 1. The molecule has 1 saturated heterocycles. The smallest absolute Gasteiger partial charge is 0.325 e. The molecule has 0 saturated carbocycles. The molecule has 1 heterocycles. The maximum absolute atomic E-state index is 12.5. The Hall–Kier alpha value is -2.02. The molecule has 1 aliphatic heterocycles. The van der Waals surface area contributed by atoms with Crippen molar-refractivity contribution in [2.24, 2.45) is 5.11 Å². The van der Waals surface area contributed by atoms with E-state index in [2.05, 4.69) is 49.2 Å². The summed E-state index contributed by atoms with van der Waals surface area (Å²) in [6.45, 7) is 10.4. The Labute approximate surface area is 207 Å².